The molecule has 0 fully saturated rings. The van der Waals surface area contributed by atoms with Crippen molar-refractivity contribution in [2.75, 3.05) is 0 Å². The molecule has 5 heteroatoms. The molecule has 2 heterocycles. The van der Waals surface area contributed by atoms with Crippen LogP contribution < -0.4 is 0 Å². The lowest BCUT2D eigenvalue weighted by molar-refractivity contribution is 0.532. The Morgan fingerprint density at radius 1 is 1.20 bits per heavy atom. The van der Waals surface area contributed by atoms with E-state index in [9.17, 15) is 0 Å². The minimum absolute atomic E-state index is 0.494. The summed E-state index contributed by atoms with van der Waals surface area (Å²) in [5.74, 6) is 1.05. The van der Waals surface area contributed by atoms with Gasteiger partial charge in [0.05, 0.1) is 10.2 Å². The number of rotatable bonds is 1. The van der Waals surface area contributed by atoms with E-state index in [2.05, 4.69) is 15.2 Å². The molecule has 2 aromatic heterocycles. The number of fused-ring (bicyclic) bond motifs is 1. The fourth-order valence-electron chi connectivity index (χ4n) is 1.35. The van der Waals surface area contributed by atoms with E-state index < -0.39 is 0 Å². The van der Waals surface area contributed by atoms with Crippen LogP contribution >= 0.6 is 11.3 Å². The third kappa shape index (κ3) is 1.41. The SMILES string of the molecule is Cc1nnc(-c2nc3ccccc3s2)o1. The summed E-state index contributed by atoms with van der Waals surface area (Å²) < 4.78 is 6.45. The van der Waals surface area contributed by atoms with Crippen LogP contribution in [0.3, 0.4) is 0 Å². The average molecular weight is 217 g/mol. The Balaban J connectivity index is 2.19. The summed E-state index contributed by atoms with van der Waals surface area (Å²) >= 11 is 1.56. The first-order valence-corrected chi connectivity index (χ1v) is 5.30. The van der Waals surface area contributed by atoms with Crippen LogP contribution in [0, 0.1) is 6.92 Å². The normalized spacial score (nSPS) is 11.0. The van der Waals surface area contributed by atoms with E-state index in [0.717, 1.165) is 15.2 Å². The molecule has 0 radical (unpaired) electrons. The van der Waals surface area contributed by atoms with E-state index in [1.165, 1.54) is 0 Å². The number of hydrogen-bond donors (Lipinski definition) is 0. The van der Waals surface area contributed by atoms with Crippen molar-refractivity contribution in [3.8, 4) is 10.9 Å². The molecule has 0 saturated heterocycles. The Morgan fingerprint density at radius 2 is 2.07 bits per heavy atom. The topological polar surface area (TPSA) is 51.8 Å². The van der Waals surface area contributed by atoms with Crippen LogP contribution in [-0.4, -0.2) is 15.2 Å². The van der Waals surface area contributed by atoms with E-state index in [-0.39, 0.29) is 0 Å². The minimum atomic E-state index is 0.494. The zero-order chi connectivity index (χ0) is 10.3. The lowest BCUT2D eigenvalue weighted by Gasteiger charge is -1.82. The summed E-state index contributed by atoms with van der Waals surface area (Å²) in [5, 5.41) is 8.50. The molecular formula is C10H7N3OS. The van der Waals surface area contributed by atoms with Gasteiger partial charge in [-0.2, -0.15) is 0 Å². The highest BCUT2D eigenvalue weighted by molar-refractivity contribution is 7.21. The molecule has 15 heavy (non-hydrogen) atoms. The molecule has 0 bridgehead atoms. The van der Waals surface area contributed by atoms with Gasteiger partial charge in [-0.3, -0.25) is 0 Å². The van der Waals surface area contributed by atoms with E-state index in [1.54, 1.807) is 18.3 Å². The van der Waals surface area contributed by atoms with Crippen LogP contribution in [0.2, 0.25) is 0 Å². The standard InChI is InChI=1S/C10H7N3OS/c1-6-12-13-9(14-6)10-11-7-4-2-3-5-8(7)15-10/h2-5H,1H3. The number of aromatic nitrogens is 3. The van der Waals surface area contributed by atoms with Crippen molar-refractivity contribution in [2.24, 2.45) is 0 Å². The molecule has 3 rings (SSSR count). The summed E-state index contributed by atoms with van der Waals surface area (Å²) in [5.41, 5.74) is 0.966. The van der Waals surface area contributed by atoms with Crippen LogP contribution in [0.15, 0.2) is 28.7 Å². The molecule has 0 aliphatic heterocycles. The van der Waals surface area contributed by atoms with Gasteiger partial charge in [0.15, 0.2) is 5.01 Å². The first-order valence-electron chi connectivity index (χ1n) is 4.49. The molecule has 0 atom stereocenters. The maximum Gasteiger partial charge on any atom is 0.276 e. The maximum atomic E-state index is 5.32. The van der Waals surface area contributed by atoms with Crippen LogP contribution in [0.5, 0.6) is 0 Å². The van der Waals surface area contributed by atoms with Crippen molar-refractivity contribution >= 4 is 21.6 Å². The Bertz CT molecular complexity index is 581. The van der Waals surface area contributed by atoms with Crippen molar-refractivity contribution in [3.63, 3.8) is 0 Å². The molecular weight excluding hydrogens is 210 g/mol. The van der Waals surface area contributed by atoms with Crippen molar-refractivity contribution in [1.29, 1.82) is 0 Å². The first kappa shape index (κ1) is 8.55. The van der Waals surface area contributed by atoms with Gasteiger partial charge in [0.25, 0.3) is 5.89 Å². The molecule has 0 N–H and O–H groups in total. The predicted molar refractivity (Wildman–Crippen MR) is 57.6 cm³/mol. The van der Waals surface area contributed by atoms with E-state index >= 15 is 0 Å². The van der Waals surface area contributed by atoms with Crippen molar-refractivity contribution in [1.82, 2.24) is 15.2 Å². The number of para-hydroxylation sites is 1. The van der Waals surface area contributed by atoms with Gasteiger partial charge >= 0.3 is 0 Å². The second kappa shape index (κ2) is 3.13. The monoisotopic (exact) mass is 217 g/mol. The van der Waals surface area contributed by atoms with Gasteiger partial charge in [-0.1, -0.05) is 12.1 Å². The summed E-state index contributed by atoms with van der Waals surface area (Å²) in [6, 6.07) is 7.95. The molecule has 4 nitrogen and oxygen atoms in total. The third-order valence-electron chi connectivity index (χ3n) is 2.00. The maximum absolute atomic E-state index is 5.32. The fourth-order valence-corrected chi connectivity index (χ4v) is 2.23. The van der Waals surface area contributed by atoms with Gasteiger partial charge in [-0.15, -0.1) is 21.5 Å². The predicted octanol–water partition coefficient (Wildman–Crippen LogP) is 2.65. The zero-order valence-corrected chi connectivity index (χ0v) is 8.78. The van der Waals surface area contributed by atoms with Crippen molar-refractivity contribution in [2.45, 2.75) is 6.92 Å². The van der Waals surface area contributed by atoms with Crippen LogP contribution in [-0.2, 0) is 0 Å². The molecule has 0 unspecified atom stereocenters. The first-order chi connectivity index (χ1) is 7.33. The fraction of sp³-hybridized carbons (Fsp3) is 0.100. The highest BCUT2D eigenvalue weighted by Crippen LogP contribution is 2.28. The Hall–Kier alpha value is -1.75. The molecule has 3 aromatic rings. The Labute approximate surface area is 89.6 Å². The number of hydrogen-bond acceptors (Lipinski definition) is 5. The van der Waals surface area contributed by atoms with Crippen LogP contribution in [0.1, 0.15) is 5.89 Å². The smallest absolute Gasteiger partial charge is 0.276 e. The van der Waals surface area contributed by atoms with Gasteiger partial charge < -0.3 is 4.42 Å². The zero-order valence-electron chi connectivity index (χ0n) is 7.97. The number of nitrogens with zero attached hydrogens (tertiary/aromatic N) is 3. The summed E-state index contributed by atoms with van der Waals surface area (Å²) in [4.78, 5) is 4.42. The minimum Gasteiger partial charge on any atom is -0.419 e. The number of benzene rings is 1. The van der Waals surface area contributed by atoms with E-state index in [1.807, 2.05) is 24.3 Å². The Morgan fingerprint density at radius 3 is 2.80 bits per heavy atom. The van der Waals surface area contributed by atoms with Gasteiger partial charge in [0.1, 0.15) is 0 Å². The van der Waals surface area contributed by atoms with Gasteiger partial charge in [-0.25, -0.2) is 4.98 Å². The highest BCUT2D eigenvalue weighted by atomic mass is 32.1. The largest absolute Gasteiger partial charge is 0.419 e. The van der Waals surface area contributed by atoms with Gasteiger partial charge in [0.2, 0.25) is 5.89 Å². The molecule has 0 amide bonds. The number of thiazole rings is 1. The lowest BCUT2D eigenvalue weighted by atomic mass is 10.3. The quantitative estimate of drug-likeness (QED) is 0.628. The van der Waals surface area contributed by atoms with E-state index in [0.29, 0.717) is 11.8 Å². The average Bonchev–Trinajstić information content (AvgIpc) is 2.82. The summed E-state index contributed by atoms with van der Waals surface area (Å²) in [6.07, 6.45) is 0. The molecule has 0 aliphatic rings. The van der Waals surface area contributed by atoms with Crippen LogP contribution in [0.25, 0.3) is 21.1 Å². The molecule has 0 saturated carbocycles. The second-order valence-electron chi connectivity index (χ2n) is 3.11. The molecule has 0 spiro atoms. The van der Waals surface area contributed by atoms with Crippen molar-refractivity contribution in [3.05, 3.63) is 30.2 Å². The summed E-state index contributed by atoms with van der Waals surface area (Å²) in [6.45, 7) is 1.77. The number of aryl methyl sites for hydroxylation is 1. The van der Waals surface area contributed by atoms with Gasteiger partial charge in [-0.05, 0) is 12.1 Å². The van der Waals surface area contributed by atoms with Gasteiger partial charge in [0, 0.05) is 6.92 Å². The molecule has 74 valence electrons. The molecule has 0 aliphatic carbocycles. The highest BCUT2D eigenvalue weighted by Gasteiger charge is 2.11. The Kier molecular flexibility index (Phi) is 1.78. The third-order valence-corrected chi connectivity index (χ3v) is 3.03. The van der Waals surface area contributed by atoms with E-state index in [4.69, 9.17) is 4.42 Å². The van der Waals surface area contributed by atoms with Crippen molar-refractivity contribution < 1.29 is 4.42 Å². The summed E-state index contributed by atoms with van der Waals surface area (Å²) in [7, 11) is 0. The second-order valence-corrected chi connectivity index (χ2v) is 4.14. The molecule has 1 aromatic carbocycles. The van der Waals surface area contributed by atoms with Crippen LogP contribution in [0.4, 0.5) is 0 Å². The lowest BCUT2D eigenvalue weighted by Crippen LogP contribution is -1.74.